The standard InChI is InChI=1S/C32H47N3O5/c1-8-9-13-18-35(30(38)26(19-22(2)3)34-31(39)40-32(5,6)7)28(25-16-17-27(36)23(4)20-25)29(37)33-21-24-14-11-10-12-15-24/h10-12,14-17,20,22,26,28,36H,8-9,13,18-19,21H2,1-7H3,(H,33,37)(H,34,39). The predicted octanol–water partition coefficient (Wildman–Crippen LogP) is 6.02. The number of amides is 3. The molecule has 0 aromatic heterocycles. The molecule has 0 saturated carbocycles. The molecule has 2 unspecified atom stereocenters. The van der Waals surface area contributed by atoms with Crippen molar-refractivity contribution >= 4 is 17.9 Å². The predicted molar refractivity (Wildman–Crippen MR) is 158 cm³/mol. The van der Waals surface area contributed by atoms with Crippen LogP contribution >= 0.6 is 0 Å². The van der Waals surface area contributed by atoms with E-state index in [-0.39, 0.29) is 23.5 Å². The number of carbonyl (C=O) groups excluding carboxylic acids is 3. The van der Waals surface area contributed by atoms with Gasteiger partial charge in [-0.3, -0.25) is 9.59 Å². The summed E-state index contributed by atoms with van der Waals surface area (Å²) >= 11 is 0. The number of aryl methyl sites for hydroxylation is 1. The van der Waals surface area contributed by atoms with Gasteiger partial charge < -0.3 is 25.4 Å². The molecule has 3 N–H and O–H groups in total. The van der Waals surface area contributed by atoms with Gasteiger partial charge in [0.2, 0.25) is 11.8 Å². The third-order valence-corrected chi connectivity index (χ3v) is 6.39. The van der Waals surface area contributed by atoms with E-state index in [0.717, 1.165) is 18.4 Å². The van der Waals surface area contributed by atoms with Gasteiger partial charge in [0.15, 0.2) is 0 Å². The molecule has 0 aliphatic heterocycles. The first-order valence-corrected chi connectivity index (χ1v) is 14.2. The van der Waals surface area contributed by atoms with E-state index < -0.39 is 23.8 Å². The Bertz CT molecular complexity index is 1110. The van der Waals surface area contributed by atoms with Gasteiger partial charge in [0.25, 0.3) is 0 Å². The molecule has 0 aliphatic carbocycles. The van der Waals surface area contributed by atoms with Crippen molar-refractivity contribution in [2.24, 2.45) is 5.92 Å². The number of benzene rings is 2. The molecule has 0 heterocycles. The average Bonchev–Trinajstić information content (AvgIpc) is 2.87. The van der Waals surface area contributed by atoms with Crippen LogP contribution in [0.2, 0.25) is 0 Å². The molecule has 0 radical (unpaired) electrons. The zero-order valence-corrected chi connectivity index (χ0v) is 25.1. The maximum Gasteiger partial charge on any atom is 0.408 e. The summed E-state index contributed by atoms with van der Waals surface area (Å²) in [5.41, 5.74) is 1.40. The second kappa shape index (κ2) is 15.3. The Balaban J connectivity index is 2.50. The lowest BCUT2D eigenvalue weighted by atomic mass is 9.97. The summed E-state index contributed by atoms with van der Waals surface area (Å²) in [6, 6.07) is 12.7. The lowest BCUT2D eigenvalue weighted by Gasteiger charge is -2.35. The molecule has 8 heteroatoms. The first kappa shape index (κ1) is 32.7. The molecular formula is C32H47N3O5. The van der Waals surface area contributed by atoms with Crippen LogP contribution in [0.4, 0.5) is 4.79 Å². The SMILES string of the molecule is CCCCCN(C(=O)C(CC(C)C)NC(=O)OC(C)(C)C)C(C(=O)NCc1ccccc1)c1ccc(O)c(C)c1. The Labute approximate surface area is 239 Å². The van der Waals surface area contributed by atoms with Crippen LogP contribution in [0.15, 0.2) is 48.5 Å². The van der Waals surface area contributed by atoms with Crippen LogP contribution in [-0.4, -0.2) is 46.1 Å². The summed E-state index contributed by atoms with van der Waals surface area (Å²) in [7, 11) is 0. The van der Waals surface area contributed by atoms with Crippen LogP contribution in [0.3, 0.4) is 0 Å². The maximum atomic E-state index is 14.2. The number of phenolic OH excluding ortho intramolecular Hbond substituents is 1. The first-order valence-electron chi connectivity index (χ1n) is 14.2. The van der Waals surface area contributed by atoms with Crippen molar-refractivity contribution in [3.8, 4) is 5.75 Å². The fraction of sp³-hybridized carbons (Fsp3) is 0.531. The third kappa shape index (κ3) is 10.5. The van der Waals surface area contributed by atoms with E-state index in [4.69, 9.17) is 4.74 Å². The smallest absolute Gasteiger partial charge is 0.408 e. The molecule has 8 nitrogen and oxygen atoms in total. The molecule has 3 amide bonds. The Hall–Kier alpha value is -3.55. The number of carbonyl (C=O) groups is 3. The molecule has 2 atom stereocenters. The van der Waals surface area contributed by atoms with E-state index in [1.165, 1.54) is 0 Å². The number of nitrogens with zero attached hydrogens (tertiary/aromatic N) is 1. The monoisotopic (exact) mass is 553 g/mol. The minimum absolute atomic E-state index is 0.0997. The fourth-order valence-corrected chi connectivity index (χ4v) is 4.44. The van der Waals surface area contributed by atoms with Gasteiger partial charge in [-0.2, -0.15) is 0 Å². The highest BCUT2D eigenvalue weighted by Crippen LogP contribution is 2.28. The Morgan fingerprint density at radius 2 is 1.70 bits per heavy atom. The summed E-state index contributed by atoms with van der Waals surface area (Å²) in [5, 5.41) is 16.0. The maximum absolute atomic E-state index is 14.2. The number of hydrogen-bond donors (Lipinski definition) is 3. The highest BCUT2D eigenvalue weighted by molar-refractivity contribution is 5.92. The van der Waals surface area contributed by atoms with Crippen LogP contribution in [0.5, 0.6) is 5.75 Å². The second-order valence-corrected chi connectivity index (χ2v) is 11.7. The van der Waals surface area contributed by atoms with E-state index >= 15 is 0 Å². The number of nitrogens with one attached hydrogen (secondary N) is 2. The van der Waals surface area contributed by atoms with E-state index in [2.05, 4.69) is 17.6 Å². The van der Waals surface area contributed by atoms with Gasteiger partial charge >= 0.3 is 6.09 Å². The molecule has 2 aromatic carbocycles. The third-order valence-electron chi connectivity index (χ3n) is 6.39. The van der Waals surface area contributed by atoms with Crippen molar-refractivity contribution < 1.29 is 24.2 Å². The van der Waals surface area contributed by atoms with Gasteiger partial charge in [0, 0.05) is 13.1 Å². The van der Waals surface area contributed by atoms with Crippen molar-refractivity contribution in [1.29, 1.82) is 0 Å². The molecule has 40 heavy (non-hydrogen) atoms. The van der Waals surface area contributed by atoms with Crippen molar-refractivity contribution in [2.75, 3.05) is 6.54 Å². The van der Waals surface area contributed by atoms with Crippen LogP contribution in [0.1, 0.15) is 90.0 Å². The normalized spacial score (nSPS) is 12.9. The minimum Gasteiger partial charge on any atom is -0.508 e. The van der Waals surface area contributed by atoms with Crippen LogP contribution < -0.4 is 10.6 Å². The molecule has 2 rings (SSSR count). The summed E-state index contributed by atoms with van der Waals surface area (Å²) < 4.78 is 5.46. The van der Waals surface area contributed by atoms with Crippen LogP contribution in [-0.2, 0) is 20.9 Å². The Morgan fingerprint density at radius 1 is 1.02 bits per heavy atom. The quantitative estimate of drug-likeness (QED) is 0.263. The molecule has 2 aromatic rings. The number of aromatic hydroxyl groups is 1. The van der Waals surface area contributed by atoms with Crippen molar-refractivity contribution in [2.45, 2.75) is 98.4 Å². The van der Waals surface area contributed by atoms with E-state index in [1.54, 1.807) is 50.8 Å². The number of alkyl carbamates (subject to hydrolysis) is 1. The number of ether oxygens (including phenoxy) is 1. The molecule has 0 aliphatic rings. The Morgan fingerprint density at radius 3 is 2.27 bits per heavy atom. The van der Waals surface area contributed by atoms with Gasteiger partial charge in [-0.1, -0.05) is 70.0 Å². The summed E-state index contributed by atoms with van der Waals surface area (Å²) in [6.07, 6.45) is 2.23. The number of hydrogen-bond acceptors (Lipinski definition) is 5. The molecular weight excluding hydrogens is 506 g/mol. The zero-order chi connectivity index (χ0) is 29.9. The van der Waals surface area contributed by atoms with Crippen molar-refractivity contribution in [1.82, 2.24) is 15.5 Å². The molecule has 0 saturated heterocycles. The number of rotatable bonds is 13. The lowest BCUT2D eigenvalue weighted by molar-refractivity contribution is -0.143. The Kier molecular flexibility index (Phi) is 12.5. The fourth-order valence-electron chi connectivity index (χ4n) is 4.44. The van der Waals surface area contributed by atoms with Gasteiger partial charge in [-0.25, -0.2) is 4.79 Å². The van der Waals surface area contributed by atoms with Gasteiger partial charge in [-0.15, -0.1) is 0 Å². The highest BCUT2D eigenvalue weighted by atomic mass is 16.6. The summed E-state index contributed by atoms with van der Waals surface area (Å²) in [4.78, 5) is 42.4. The van der Waals surface area contributed by atoms with E-state index in [9.17, 15) is 19.5 Å². The zero-order valence-electron chi connectivity index (χ0n) is 25.1. The largest absolute Gasteiger partial charge is 0.508 e. The second-order valence-electron chi connectivity index (χ2n) is 11.7. The van der Waals surface area contributed by atoms with Gasteiger partial charge in [0.1, 0.15) is 23.4 Å². The number of unbranched alkanes of at least 4 members (excludes halogenated alkanes) is 2. The van der Waals surface area contributed by atoms with Crippen molar-refractivity contribution in [3.63, 3.8) is 0 Å². The average molecular weight is 554 g/mol. The van der Waals surface area contributed by atoms with E-state index in [1.807, 2.05) is 44.2 Å². The molecule has 0 fully saturated rings. The molecule has 0 spiro atoms. The van der Waals surface area contributed by atoms with E-state index in [0.29, 0.717) is 37.1 Å². The number of phenols is 1. The topological polar surface area (TPSA) is 108 Å². The lowest BCUT2D eigenvalue weighted by Crippen LogP contribution is -2.53. The molecule has 0 bridgehead atoms. The first-order chi connectivity index (χ1) is 18.8. The minimum atomic E-state index is -0.956. The summed E-state index contributed by atoms with van der Waals surface area (Å²) in [5.74, 6) is -0.469. The van der Waals surface area contributed by atoms with Gasteiger partial charge in [-0.05, 0) is 75.3 Å². The summed E-state index contributed by atoms with van der Waals surface area (Å²) in [6.45, 7) is 13.7. The van der Waals surface area contributed by atoms with Crippen molar-refractivity contribution in [3.05, 3.63) is 65.2 Å². The van der Waals surface area contributed by atoms with Crippen LogP contribution in [0.25, 0.3) is 0 Å². The molecule has 220 valence electrons. The van der Waals surface area contributed by atoms with Gasteiger partial charge in [0.05, 0.1) is 0 Å². The van der Waals surface area contributed by atoms with Crippen LogP contribution in [0, 0.1) is 12.8 Å². The highest BCUT2D eigenvalue weighted by Gasteiger charge is 2.36.